The molecule has 0 radical (unpaired) electrons. The van der Waals surface area contributed by atoms with Crippen LogP contribution in [0.4, 0.5) is 23.7 Å². The fourth-order valence-electron chi connectivity index (χ4n) is 4.45. The van der Waals surface area contributed by atoms with E-state index in [2.05, 4.69) is 15.2 Å². The number of piperidine rings is 1. The van der Waals surface area contributed by atoms with Crippen molar-refractivity contribution in [3.8, 4) is 5.75 Å². The number of hydrogen-bond donors (Lipinski definition) is 1. The van der Waals surface area contributed by atoms with Crippen molar-refractivity contribution >= 4 is 23.3 Å². The molecule has 0 aromatic heterocycles. The third-order valence-corrected chi connectivity index (χ3v) is 6.25. The molecule has 32 heavy (non-hydrogen) atoms. The van der Waals surface area contributed by atoms with Gasteiger partial charge in [-0.1, -0.05) is 5.16 Å². The highest BCUT2D eigenvalue weighted by Crippen LogP contribution is 2.40. The molecular weight excluding hydrogens is 429 g/mol. The van der Waals surface area contributed by atoms with Crippen LogP contribution in [0.1, 0.15) is 32.6 Å². The van der Waals surface area contributed by atoms with E-state index in [-0.39, 0.29) is 29.2 Å². The van der Waals surface area contributed by atoms with Gasteiger partial charge in [0.15, 0.2) is 0 Å². The van der Waals surface area contributed by atoms with Gasteiger partial charge in [-0.05, 0) is 55.9 Å². The number of likely N-dealkylation sites (tertiary alicyclic amines) is 2. The Bertz CT molecular complexity index is 895. The van der Waals surface area contributed by atoms with Crippen molar-refractivity contribution in [3.63, 3.8) is 0 Å². The summed E-state index contributed by atoms with van der Waals surface area (Å²) in [5.74, 6) is -0.420. The highest BCUT2D eigenvalue weighted by Gasteiger charge is 2.43. The maximum absolute atomic E-state index is 12.6. The number of nitrogens with zero attached hydrogens (tertiary/aromatic N) is 3. The number of alkyl halides is 3. The van der Waals surface area contributed by atoms with Crippen molar-refractivity contribution in [3.05, 3.63) is 24.3 Å². The molecule has 174 valence electrons. The van der Waals surface area contributed by atoms with Gasteiger partial charge in [0.1, 0.15) is 17.6 Å². The van der Waals surface area contributed by atoms with Gasteiger partial charge in [0.2, 0.25) is 0 Å². The van der Waals surface area contributed by atoms with Crippen LogP contribution in [0.25, 0.3) is 0 Å². The standard InChI is InChI=1S/C21H25F3N4O4/c1-14-12-17(26-32-14)18(29)27-9-6-20(7-10-27)8-11-28(13-20)19(30)25-15-2-4-16(5-3-15)31-21(22,23)24/h2-5,14H,6-13H2,1H3,(H,25,30). The zero-order chi connectivity index (χ0) is 22.9. The van der Waals surface area contributed by atoms with Gasteiger partial charge in [-0.25, -0.2) is 4.79 Å². The Morgan fingerprint density at radius 2 is 1.75 bits per heavy atom. The molecule has 1 spiro atoms. The molecule has 3 heterocycles. The van der Waals surface area contributed by atoms with Crippen molar-refractivity contribution in [2.75, 3.05) is 31.5 Å². The first-order valence-electron chi connectivity index (χ1n) is 10.6. The number of carbonyl (C=O) groups excluding carboxylic acids is 2. The van der Waals surface area contributed by atoms with Crippen LogP contribution in [-0.4, -0.2) is 66.1 Å². The van der Waals surface area contributed by atoms with Gasteiger partial charge < -0.3 is 24.7 Å². The van der Waals surface area contributed by atoms with E-state index in [1.807, 2.05) is 6.92 Å². The topological polar surface area (TPSA) is 83.5 Å². The number of oxime groups is 1. The third kappa shape index (κ3) is 5.08. The summed E-state index contributed by atoms with van der Waals surface area (Å²) in [6, 6.07) is 4.75. The SMILES string of the molecule is CC1CC(C(=O)N2CCC3(CCN(C(=O)Nc4ccc(OC(F)(F)F)cc4)C3)CC2)=NO1. The molecule has 3 aliphatic rings. The molecule has 1 aromatic carbocycles. The minimum absolute atomic E-state index is 0.0280. The summed E-state index contributed by atoms with van der Waals surface area (Å²) in [6.45, 7) is 4.27. The molecule has 0 bridgehead atoms. The number of amides is 3. The van der Waals surface area contributed by atoms with Crippen LogP contribution in [-0.2, 0) is 9.63 Å². The molecule has 8 nitrogen and oxygen atoms in total. The molecule has 1 N–H and O–H groups in total. The first kappa shape index (κ1) is 22.2. The second-order valence-corrected chi connectivity index (χ2v) is 8.62. The molecule has 0 aliphatic carbocycles. The zero-order valence-electron chi connectivity index (χ0n) is 17.7. The van der Waals surface area contributed by atoms with E-state index in [0.717, 1.165) is 31.4 Å². The smallest absolute Gasteiger partial charge is 0.406 e. The Hall–Kier alpha value is -2.98. The highest BCUT2D eigenvalue weighted by molar-refractivity contribution is 6.39. The number of ether oxygens (including phenoxy) is 1. The van der Waals surface area contributed by atoms with Gasteiger partial charge >= 0.3 is 12.4 Å². The Morgan fingerprint density at radius 1 is 1.12 bits per heavy atom. The minimum atomic E-state index is -4.76. The highest BCUT2D eigenvalue weighted by atomic mass is 19.4. The summed E-state index contributed by atoms with van der Waals surface area (Å²) in [5.41, 5.74) is 0.826. The molecule has 2 saturated heterocycles. The number of anilines is 1. The monoisotopic (exact) mass is 454 g/mol. The molecule has 0 saturated carbocycles. The van der Waals surface area contributed by atoms with Crippen LogP contribution >= 0.6 is 0 Å². The van der Waals surface area contributed by atoms with Crippen LogP contribution in [0.5, 0.6) is 5.75 Å². The Balaban J connectivity index is 1.27. The second-order valence-electron chi connectivity index (χ2n) is 8.62. The summed E-state index contributed by atoms with van der Waals surface area (Å²) < 4.78 is 40.6. The lowest BCUT2D eigenvalue weighted by Gasteiger charge is -2.39. The molecule has 3 amide bonds. The number of urea groups is 1. The molecule has 11 heteroatoms. The van der Waals surface area contributed by atoms with Gasteiger partial charge in [0.05, 0.1) is 0 Å². The second kappa shape index (κ2) is 8.51. The summed E-state index contributed by atoms with van der Waals surface area (Å²) in [4.78, 5) is 33.9. The molecule has 1 aromatic rings. The quantitative estimate of drug-likeness (QED) is 0.757. The van der Waals surface area contributed by atoms with E-state index in [1.54, 1.807) is 9.80 Å². The van der Waals surface area contributed by atoms with E-state index in [1.165, 1.54) is 12.1 Å². The lowest BCUT2D eigenvalue weighted by Crippen LogP contribution is -2.47. The first-order chi connectivity index (χ1) is 15.1. The average Bonchev–Trinajstić information content (AvgIpc) is 3.35. The maximum Gasteiger partial charge on any atom is 0.573 e. The van der Waals surface area contributed by atoms with Crippen molar-refractivity contribution in [2.45, 2.75) is 45.1 Å². The zero-order valence-corrected chi connectivity index (χ0v) is 17.7. The van der Waals surface area contributed by atoms with E-state index >= 15 is 0 Å². The number of halogens is 3. The maximum atomic E-state index is 12.6. The van der Waals surface area contributed by atoms with Crippen molar-refractivity contribution in [1.29, 1.82) is 0 Å². The molecule has 1 atom stereocenters. The Morgan fingerprint density at radius 3 is 2.31 bits per heavy atom. The molecule has 3 aliphatic heterocycles. The third-order valence-electron chi connectivity index (χ3n) is 6.25. The largest absolute Gasteiger partial charge is 0.573 e. The minimum Gasteiger partial charge on any atom is -0.406 e. The van der Waals surface area contributed by atoms with Crippen LogP contribution in [0, 0.1) is 5.41 Å². The van der Waals surface area contributed by atoms with Gasteiger partial charge in [0.25, 0.3) is 5.91 Å². The Kier molecular flexibility index (Phi) is 5.91. The lowest BCUT2D eigenvalue weighted by molar-refractivity contribution is -0.274. The Labute approximate surface area is 183 Å². The lowest BCUT2D eigenvalue weighted by atomic mass is 9.77. The average molecular weight is 454 g/mol. The predicted molar refractivity (Wildman–Crippen MR) is 109 cm³/mol. The number of nitrogens with one attached hydrogen (secondary N) is 1. The van der Waals surface area contributed by atoms with E-state index in [9.17, 15) is 22.8 Å². The van der Waals surface area contributed by atoms with Gasteiger partial charge in [-0.15, -0.1) is 13.2 Å². The molecule has 2 fully saturated rings. The van der Waals surface area contributed by atoms with Crippen molar-refractivity contribution in [2.24, 2.45) is 10.6 Å². The van der Waals surface area contributed by atoms with E-state index in [0.29, 0.717) is 44.0 Å². The van der Waals surface area contributed by atoms with Gasteiger partial charge in [-0.2, -0.15) is 0 Å². The summed E-state index contributed by atoms with van der Waals surface area (Å²) in [7, 11) is 0. The number of benzene rings is 1. The first-order valence-corrected chi connectivity index (χ1v) is 10.6. The predicted octanol–water partition coefficient (Wildman–Crippen LogP) is 3.60. The number of hydrogen-bond acceptors (Lipinski definition) is 5. The van der Waals surface area contributed by atoms with E-state index < -0.39 is 6.36 Å². The van der Waals surface area contributed by atoms with Gasteiger partial charge in [0, 0.05) is 38.3 Å². The molecule has 1 unspecified atom stereocenters. The fraction of sp³-hybridized carbons (Fsp3) is 0.571. The fourth-order valence-corrected chi connectivity index (χ4v) is 4.45. The van der Waals surface area contributed by atoms with Crippen LogP contribution < -0.4 is 10.1 Å². The molecular formula is C21H25F3N4O4. The molecule has 4 rings (SSSR count). The number of carbonyl (C=O) groups is 2. The van der Waals surface area contributed by atoms with Crippen LogP contribution in [0.15, 0.2) is 29.4 Å². The van der Waals surface area contributed by atoms with Crippen molar-refractivity contribution in [1.82, 2.24) is 9.80 Å². The van der Waals surface area contributed by atoms with E-state index in [4.69, 9.17) is 4.84 Å². The van der Waals surface area contributed by atoms with Gasteiger partial charge in [-0.3, -0.25) is 4.79 Å². The van der Waals surface area contributed by atoms with Crippen LogP contribution in [0.3, 0.4) is 0 Å². The summed E-state index contributed by atoms with van der Waals surface area (Å²) in [5, 5.41) is 6.60. The summed E-state index contributed by atoms with van der Waals surface area (Å²) >= 11 is 0. The summed E-state index contributed by atoms with van der Waals surface area (Å²) in [6.07, 6.45) is -1.85. The van der Waals surface area contributed by atoms with Crippen molar-refractivity contribution < 1.29 is 32.3 Å². The van der Waals surface area contributed by atoms with Crippen LogP contribution in [0.2, 0.25) is 0 Å². The normalized spacial score (nSPS) is 22.5. The number of rotatable bonds is 3.